The first-order valence-corrected chi connectivity index (χ1v) is 5.62. The molecule has 4 atom stereocenters. The number of aliphatic hydroxyl groups is 3. The molecular formula is C10H15N3O6. The first-order chi connectivity index (χ1) is 8.99. The van der Waals surface area contributed by atoms with Crippen molar-refractivity contribution in [1.29, 1.82) is 0 Å². The Kier molecular flexibility index (Phi) is 3.71. The number of aromatic hydroxyl groups is 1. The quantitative estimate of drug-likeness (QED) is 0.411. The molecule has 5 N–H and O–H groups in total. The molecule has 1 aromatic heterocycles. The molecule has 9 heteroatoms. The summed E-state index contributed by atoms with van der Waals surface area (Å²) in [5, 5.41) is 40.5. The molecule has 0 aliphatic carbocycles. The Labute approximate surface area is 107 Å². The molecule has 1 aliphatic rings. The molecule has 0 aromatic carbocycles. The number of nitrogens with zero attached hydrogens (tertiary/aromatic N) is 2. The fraction of sp³-hybridized carbons (Fsp3) is 0.600. The maximum absolute atomic E-state index is 11.8. The molecule has 0 spiro atoms. The van der Waals surface area contributed by atoms with Gasteiger partial charge in [-0.25, -0.2) is 4.79 Å². The predicted octanol–water partition coefficient (Wildman–Crippen LogP) is -2.40. The van der Waals surface area contributed by atoms with Gasteiger partial charge in [-0.3, -0.25) is 4.57 Å². The topological polar surface area (TPSA) is 137 Å². The van der Waals surface area contributed by atoms with Crippen LogP contribution in [0, 0.1) is 0 Å². The molecule has 1 aliphatic heterocycles. The highest BCUT2D eigenvalue weighted by atomic mass is 16.6. The number of anilines is 1. The predicted molar refractivity (Wildman–Crippen MR) is 62.7 cm³/mol. The SMILES string of the molecule is CNc1nc(=O)n([C@@H]2O[C@H](CO)[C@@H](O)[C@H]2O)cc1O. The van der Waals surface area contributed by atoms with Gasteiger partial charge in [0.15, 0.2) is 17.8 Å². The van der Waals surface area contributed by atoms with Crippen molar-refractivity contribution >= 4 is 5.82 Å². The van der Waals surface area contributed by atoms with Gasteiger partial charge in [0.1, 0.15) is 18.3 Å². The van der Waals surface area contributed by atoms with Crippen molar-refractivity contribution in [1.82, 2.24) is 9.55 Å². The van der Waals surface area contributed by atoms with Crippen LogP contribution in [0.15, 0.2) is 11.0 Å². The third-order valence-electron chi connectivity index (χ3n) is 2.96. The molecule has 1 aromatic rings. The van der Waals surface area contributed by atoms with E-state index in [9.17, 15) is 20.1 Å². The summed E-state index contributed by atoms with van der Waals surface area (Å²) < 4.78 is 6.03. The van der Waals surface area contributed by atoms with Gasteiger partial charge in [0, 0.05) is 7.05 Å². The van der Waals surface area contributed by atoms with Crippen LogP contribution >= 0.6 is 0 Å². The third-order valence-corrected chi connectivity index (χ3v) is 2.96. The second-order valence-corrected chi connectivity index (χ2v) is 4.14. The lowest BCUT2D eigenvalue weighted by atomic mass is 10.1. The Balaban J connectivity index is 2.38. The molecule has 0 bridgehead atoms. The third kappa shape index (κ3) is 2.28. The van der Waals surface area contributed by atoms with E-state index >= 15 is 0 Å². The molecule has 0 amide bonds. The molecule has 2 rings (SSSR count). The van der Waals surface area contributed by atoms with Gasteiger partial charge in [-0.15, -0.1) is 0 Å². The minimum absolute atomic E-state index is 0.00649. The van der Waals surface area contributed by atoms with Crippen LogP contribution in [0.3, 0.4) is 0 Å². The van der Waals surface area contributed by atoms with E-state index in [1.807, 2.05) is 0 Å². The zero-order valence-corrected chi connectivity index (χ0v) is 10.1. The summed E-state index contributed by atoms with van der Waals surface area (Å²) in [7, 11) is 1.48. The van der Waals surface area contributed by atoms with Crippen LogP contribution in [0.1, 0.15) is 6.23 Å². The zero-order chi connectivity index (χ0) is 14.2. The number of aromatic nitrogens is 2. The molecule has 0 unspecified atom stereocenters. The van der Waals surface area contributed by atoms with Crippen molar-refractivity contribution in [2.24, 2.45) is 0 Å². The van der Waals surface area contributed by atoms with E-state index in [1.54, 1.807) is 0 Å². The summed E-state index contributed by atoms with van der Waals surface area (Å²) in [6.45, 7) is -0.502. The Hall–Kier alpha value is -1.68. The van der Waals surface area contributed by atoms with Gasteiger partial charge in [-0.1, -0.05) is 0 Å². The van der Waals surface area contributed by atoms with E-state index in [0.29, 0.717) is 0 Å². The summed E-state index contributed by atoms with van der Waals surface area (Å²) in [4.78, 5) is 15.3. The number of ether oxygens (including phenoxy) is 1. The number of hydrogen-bond donors (Lipinski definition) is 5. The fourth-order valence-electron chi connectivity index (χ4n) is 1.93. The van der Waals surface area contributed by atoms with E-state index in [4.69, 9.17) is 9.84 Å². The van der Waals surface area contributed by atoms with Gasteiger partial charge < -0.3 is 30.5 Å². The average Bonchev–Trinajstić information content (AvgIpc) is 2.68. The van der Waals surface area contributed by atoms with Crippen molar-refractivity contribution in [2.45, 2.75) is 24.5 Å². The van der Waals surface area contributed by atoms with Gasteiger partial charge in [0.25, 0.3) is 0 Å². The van der Waals surface area contributed by atoms with Crippen LogP contribution in [-0.2, 0) is 4.74 Å². The maximum atomic E-state index is 11.8. The van der Waals surface area contributed by atoms with E-state index < -0.39 is 36.8 Å². The van der Waals surface area contributed by atoms with Crippen LogP contribution in [0.4, 0.5) is 5.82 Å². The second-order valence-electron chi connectivity index (χ2n) is 4.14. The van der Waals surface area contributed by atoms with Crippen molar-refractivity contribution in [2.75, 3.05) is 19.0 Å². The van der Waals surface area contributed by atoms with Gasteiger partial charge in [-0.2, -0.15) is 4.98 Å². The van der Waals surface area contributed by atoms with Gasteiger partial charge in [0.05, 0.1) is 12.8 Å². The molecule has 106 valence electrons. The highest BCUT2D eigenvalue weighted by molar-refractivity contribution is 5.46. The minimum Gasteiger partial charge on any atom is -0.503 e. The fourth-order valence-corrected chi connectivity index (χ4v) is 1.93. The lowest BCUT2D eigenvalue weighted by Crippen LogP contribution is -2.36. The second kappa shape index (κ2) is 5.13. The van der Waals surface area contributed by atoms with Crippen LogP contribution in [-0.4, -0.2) is 61.9 Å². The Bertz CT molecular complexity index is 518. The number of hydrogen-bond acceptors (Lipinski definition) is 8. The number of nitrogens with one attached hydrogen (secondary N) is 1. The van der Waals surface area contributed by atoms with E-state index in [1.165, 1.54) is 7.05 Å². The van der Waals surface area contributed by atoms with E-state index in [0.717, 1.165) is 10.8 Å². The number of aliphatic hydroxyl groups excluding tert-OH is 3. The summed E-state index contributed by atoms with van der Waals surface area (Å²) in [5.74, 6) is -0.312. The molecule has 2 heterocycles. The van der Waals surface area contributed by atoms with Crippen molar-refractivity contribution in [3.05, 3.63) is 16.7 Å². The largest absolute Gasteiger partial charge is 0.503 e. The van der Waals surface area contributed by atoms with Crippen LogP contribution in [0.2, 0.25) is 0 Å². The molecule has 0 saturated carbocycles. The monoisotopic (exact) mass is 273 g/mol. The number of rotatable bonds is 3. The molecule has 19 heavy (non-hydrogen) atoms. The first kappa shape index (κ1) is 13.7. The summed E-state index contributed by atoms with van der Waals surface area (Å²) in [5.41, 5.74) is -0.767. The Morgan fingerprint density at radius 1 is 1.47 bits per heavy atom. The van der Waals surface area contributed by atoms with Crippen LogP contribution in [0.25, 0.3) is 0 Å². The average molecular weight is 273 g/mol. The van der Waals surface area contributed by atoms with Crippen molar-refractivity contribution in [3.8, 4) is 5.75 Å². The van der Waals surface area contributed by atoms with Gasteiger partial charge in [-0.05, 0) is 0 Å². The van der Waals surface area contributed by atoms with E-state index in [2.05, 4.69) is 10.3 Å². The molecule has 1 fully saturated rings. The highest BCUT2D eigenvalue weighted by Crippen LogP contribution is 2.29. The van der Waals surface area contributed by atoms with Crippen molar-refractivity contribution in [3.63, 3.8) is 0 Å². The van der Waals surface area contributed by atoms with Crippen molar-refractivity contribution < 1.29 is 25.2 Å². The first-order valence-electron chi connectivity index (χ1n) is 5.62. The molecule has 1 saturated heterocycles. The summed E-state index contributed by atoms with van der Waals surface area (Å²) in [6, 6.07) is 0. The molecule has 9 nitrogen and oxygen atoms in total. The van der Waals surface area contributed by atoms with Crippen LogP contribution < -0.4 is 11.0 Å². The summed E-state index contributed by atoms with van der Waals surface area (Å²) in [6.07, 6.45) is -3.91. The normalized spacial score (nSPS) is 30.5. The zero-order valence-electron chi connectivity index (χ0n) is 10.1. The highest BCUT2D eigenvalue weighted by Gasteiger charge is 2.43. The van der Waals surface area contributed by atoms with E-state index in [-0.39, 0.29) is 11.6 Å². The summed E-state index contributed by atoms with van der Waals surface area (Å²) >= 11 is 0. The maximum Gasteiger partial charge on any atom is 0.351 e. The Morgan fingerprint density at radius 2 is 2.16 bits per heavy atom. The molecule has 0 radical (unpaired) electrons. The lowest BCUT2D eigenvalue weighted by molar-refractivity contribution is -0.0551. The standard InChI is InChI=1S/C10H15N3O6/c1-11-8-4(15)2-13(10(18)12-8)9-7(17)6(16)5(3-14)19-9/h2,5-7,9,14-17H,3H2,1H3,(H,11,12,18)/t5-,6-,7-,9-/m1/s1. The van der Waals surface area contributed by atoms with Gasteiger partial charge in [0.2, 0.25) is 0 Å². The minimum atomic E-state index is -1.41. The lowest BCUT2D eigenvalue weighted by Gasteiger charge is -2.17. The smallest absolute Gasteiger partial charge is 0.351 e. The molecular weight excluding hydrogens is 258 g/mol. The van der Waals surface area contributed by atoms with Crippen LogP contribution in [0.5, 0.6) is 5.75 Å². The Morgan fingerprint density at radius 3 is 2.68 bits per heavy atom. The van der Waals surface area contributed by atoms with Gasteiger partial charge >= 0.3 is 5.69 Å².